The van der Waals surface area contributed by atoms with E-state index < -0.39 is 4.92 Å². The molecule has 0 saturated carbocycles. The molecule has 0 atom stereocenters. The lowest BCUT2D eigenvalue weighted by atomic mass is 9.91. The Morgan fingerprint density at radius 3 is 2.46 bits per heavy atom. The molecule has 0 aliphatic heterocycles. The standard InChI is InChI=1S/C9H13NO3/c1-9(2,3)6-7-4-5-8(13-7)10(11)12/h4-5H,6H2,1-3H3. The Hall–Kier alpha value is -1.32. The molecule has 0 fully saturated rings. The minimum Gasteiger partial charge on any atom is -0.406 e. The van der Waals surface area contributed by atoms with Crippen molar-refractivity contribution in [1.29, 1.82) is 0 Å². The molecular weight excluding hydrogens is 170 g/mol. The second-order valence-electron chi connectivity index (χ2n) is 4.23. The Bertz CT molecular complexity index is 309. The van der Waals surface area contributed by atoms with Gasteiger partial charge in [-0.05, 0) is 11.5 Å². The molecule has 0 aromatic carbocycles. The number of hydrogen-bond donors (Lipinski definition) is 0. The maximum Gasteiger partial charge on any atom is 0.433 e. The summed E-state index contributed by atoms with van der Waals surface area (Å²) in [5.74, 6) is 0.485. The van der Waals surface area contributed by atoms with E-state index in [-0.39, 0.29) is 11.3 Å². The summed E-state index contributed by atoms with van der Waals surface area (Å²) < 4.78 is 5.02. The van der Waals surface area contributed by atoms with E-state index in [1.54, 1.807) is 6.07 Å². The van der Waals surface area contributed by atoms with Crippen molar-refractivity contribution in [3.63, 3.8) is 0 Å². The van der Waals surface area contributed by atoms with E-state index in [2.05, 4.69) is 20.8 Å². The van der Waals surface area contributed by atoms with E-state index in [9.17, 15) is 10.1 Å². The summed E-state index contributed by atoms with van der Waals surface area (Å²) >= 11 is 0. The van der Waals surface area contributed by atoms with Gasteiger partial charge in [0, 0.05) is 6.42 Å². The first kappa shape index (κ1) is 9.77. The summed E-state index contributed by atoms with van der Waals surface area (Å²) in [6.45, 7) is 6.17. The Kier molecular flexibility index (Phi) is 2.40. The van der Waals surface area contributed by atoms with Gasteiger partial charge in [-0.3, -0.25) is 10.1 Å². The molecule has 4 nitrogen and oxygen atoms in total. The third-order valence-corrected chi connectivity index (χ3v) is 1.53. The number of furan rings is 1. The zero-order valence-corrected chi connectivity index (χ0v) is 8.03. The summed E-state index contributed by atoms with van der Waals surface area (Å²) in [5, 5.41) is 10.3. The second-order valence-corrected chi connectivity index (χ2v) is 4.23. The van der Waals surface area contributed by atoms with E-state index in [0.29, 0.717) is 12.2 Å². The van der Waals surface area contributed by atoms with Crippen LogP contribution >= 0.6 is 0 Å². The molecule has 1 rings (SSSR count). The molecule has 0 radical (unpaired) electrons. The topological polar surface area (TPSA) is 56.3 Å². The highest BCUT2D eigenvalue weighted by Gasteiger charge is 2.17. The first-order valence-electron chi connectivity index (χ1n) is 4.11. The van der Waals surface area contributed by atoms with Gasteiger partial charge < -0.3 is 4.42 Å². The van der Waals surface area contributed by atoms with Crippen molar-refractivity contribution in [2.45, 2.75) is 27.2 Å². The Morgan fingerprint density at radius 2 is 2.08 bits per heavy atom. The molecule has 0 unspecified atom stereocenters. The number of rotatable bonds is 2. The maximum absolute atomic E-state index is 10.3. The largest absolute Gasteiger partial charge is 0.433 e. The van der Waals surface area contributed by atoms with Crippen molar-refractivity contribution in [3.05, 3.63) is 28.0 Å². The summed E-state index contributed by atoms with van der Waals surface area (Å²) in [5.41, 5.74) is 0.0890. The summed E-state index contributed by atoms with van der Waals surface area (Å²) in [6, 6.07) is 3.05. The van der Waals surface area contributed by atoms with Crippen LogP contribution in [0, 0.1) is 15.5 Å². The molecule has 1 aromatic rings. The van der Waals surface area contributed by atoms with Crippen LogP contribution in [0.4, 0.5) is 5.88 Å². The van der Waals surface area contributed by atoms with E-state index in [4.69, 9.17) is 4.42 Å². The number of nitro groups is 1. The SMILES string of the molecule is CC(C)(C)Cc1ccc([N+](=O)[O-])o1. The van der Waals surface area contributed by atoms with Gasteiger partial charge in [-0.25, -0.2) is 0 Å². The Morgan fingerprint density at radius 1 is 1.46 bits per heavy atom. The van der Waals surface area contributed by atoms with Crippen molar-refractivity contribution in [2.24, 2.45) is 5.41 Å². The molecule has 0 N–H and O–H groups in total. The minimum absolute atomic E-state index is 0.0890. The number of nitrogens with zero attached hydrogens (tertiary/aromatic N) is 1. The van der Waals surface area contributed by atoms with Gasteiger partial charge >= 0.3 is 5.88 Å². The molecule has 1 heterocycles. The molecule has 1 aromatic heterocycles. The van der Waals surface area contributed by atoms with Gasteiger partial charge in [0.05, 0.1) is 6.07 Å². The lowest BCUT2D eigenvalue weighted by Crippen LogP contribution is -2.08. The van der Waals surface area contributed by atoms with Gasteiger partial charge in [-0.15, -0.1) is 0 Å². The monoisotopic (exact) mass is 183 g/mol. The predicted molar refractivity (Wildman–Crippen MR) is 48.5 cm³/mol. The van der Waals surface area contributed by atoms with Crippen molar-refractivity contribution in [3.8, 4) is 0 Å². The lowest BCUT2D eigenvalue weighted by molar-refractivity contribution is -0.402. The van der Waals surface area contributed by atoms with Crippen molar-refractivity contribution in [1.82, 2.24) is 0 Å². The van der Waals surface area contributed by atoms with Crippen LogP contribution in [-0.4, -0.2) is 4.92 Å². The van der Waals surface area contributed by atoms with Crippen molar-refractivity contribution < 1.29 is 9.34 Å². The van der Waals surface area contributed by atoms with E-state index >= 15 is 0 Å². The first-order valence-corrected chi connectivity index (χ1v) is 4.11. The predicted octanol–water partition coefficient (Wildman–Crippen LogP) is 2.78. The fourth-order valence-corrected chi connectivity index (χ4v) is 1.08. The average Bonchev–Trinajstić information content (AvgIpc) is 2.31. The molecule has 0 aliphatic carbocycles. The normalized spacial score (nSPS) is 11.6. The number of hydrogen-bond acceptors (Lipinski definition) is 3. The van der Waals surface area contributed by atoms with Gasteiger partial charge in [0.15, 0.2) is 0 Å². The molecule has 0 aliphatic rings. The molecule has 72 valence electrons. The van der Waals surface area contributed by atoms with Crippen LogP contribution in [-0.2, 0) is 6.42 Å². The summed E-state index contributed by atoms with van der Waals surface area (Å²) in [4.78, 5) is 9.77. The second kappa shape index (κ2) is 3.20. The van der Waals surface area contributed by atoms with E-state index in [0.717, 1.165) is 0 Å². The third-order valence-electron chi connectivity index (χ3n) is 1.53. The van der Waals surface area contributed by atoms with Gasteiger partial charge in [-0.2, -0.15) is 0 Å². The molecule has 13 heavy (non-hydrogen) atoms. The molecule has 4 heteroatoms. The van der Waals surface area contributed by atoms with Crippen LogP contribution in [0.5, 0.6) is 0 Å². The molecule has 0 spiro atoms. The van der Waals surface area contributed by atoms with Crippen LogP contribution < -0.4 is 0 Å². The van der Waals surface area contributed by atoms with Gasteiger partial charge in [0.1, 0.15) is 10.7 Å². The summed E-state index contributed by atoms with van der Waals surface area (Å²) in [7, 11) is 0. The fourth-order valence-electron chi connectivity index (χ4n) is 1.08. The Labute approximate surface area is 76.7 Å². The fraction of sp³-hybridized carbons (Fsp3) is 0.556. The van der Waals surface area contributed by atoms with Gasteiger partial charge in [0.25, 0.3) is 0 Å². The zero-order valence-electron chi connectivity index (χ0n) is 8.03. The molecule has 0 amide bonds. The highest BCUT2D eigenvalue weighted by Crippen LogP contribution is 2.24. The van der Waals surface area contributed by atoms with Crippen LogP contribution in [0.25, 0.3) is 0 Å². The minimum atomic E-state index is -0.522. The van der Waals surface area contributed by atoms with Gasteiger partial charge in [-0.1, -0.05) is 20.8 Å². The first-order chi connectivity index (χ1) is 5.88. The van der Waals surface area contributed by atoms with Crippen LogP contribution in [0.2, 0.25) is 0 Å². The average molecular weight is 183 g/mol. The van der Waals surface area contributed by atoms with Crippen molar-refractivity contribution >= 4 is 5.88 Å². The van der Waals surface area contributed by atoms with Crippen LogP contribution in [0.1, 0.15) is 26.5 Å². The van der Waals surface area contributed by atoms with E-state index in [1.165, 1.54) is 6.07 Å². The molecule has 0 saturated heterocycles. The van der Waals surface area contributed by atoms with Crippen molar-refractivity contribution in [2.75, 3.05) is 0 Å². The molecular formula is C9H13NO3. The smallest absolute Gasteiger partial charge is 0.406 e. The van der Waals surface area contributed by atoms with Gasteiger partial charge in [0.2, 0.25) is 0 Å². The Balaban J connectivity index is 2.75. The zero-order chi connectivity index (χ0) is 10.1. The maximum atomic E-state index is 10.3. The highest BCUT2D eigenvalue weighted by molar-refractivity contribution is 5.18. The summed E-state index contributed by atoms with van der Waals surface area (Å²) in [6.07, 6.45) is 0.709. The lowest BCUT2D eigenvalue weighted by Gasteiger charge is -2.15. The van der Waals surface area contributed by atoms with Crippen LogP contribution in [0.3, 0.4) is 0 Å². The quantitative estimate of drug-likeness (QED) is 0.523. The van der Waals surface area contributed by atoms with E-state index in [1.807, 2.05) is 0 Å². The van der Waals surface area contributed by atoms with Crippen LogP contribution in [0.15, 0.2) is 16.5 Å². The molecule has 0 bridgehead atoms. The highest BCUT2D eigenvalue weighted by atomic mass is 16.6. The third kappa shape index (κ3) is 2.89.